The number of thioether (sulfide) groups is 2. The van der Waals surface area contributed by atoms with Crippen LogP contribution >= 0.6 is 23.5 Å². The number of allylic oxidation sites excluding steroid dienone is 4. The molecule has 1 atom stereocenters. The molecule has 1 aliphatic heterocycles. The zero-order valence-electron chi connectivity index (χ0n) is 15.6. The molecule has 2 nitrogen and oxygen atoms in total. The van der Waals surface area contributed by atoms with Gasteiger partial charge in [0.05, 0.1) is 9.84 Å². The molecule has 25 heavy (non-hydrogen) atoms. The van der Waals surface area contributed by atoms with Crippen LogP contribution in [-0.4, -0.2) is 16.6 Å². The first-order valence-corrected chi connectivity index (χ1v) is 11.0. The monoisotopic (exact) mass is 376 g/mol. The molecule has 0 unspecified atom stereocenters. The average molecular weight is 377 g/mol. The van der Waals surface area contributed by atoms with Crippen LogP contribution in [0.4, 0.5) is 0 Å². The van der Waals surface area contributed by atoms with Crippen LogP contribution in [0.15, 0.2) is 35.6 Å². The summed E-state index contributed by atoms with van der Waals surface area (Å²) in [6.07, 6.45) is 7.42. The van der Waals surface area contributed by atoms with Gasteiger partial charge in [-0.3, -0.25) is 0 Å². The summed E-state index contributed by atoms with van der Waals surface area (Å²) >= 11 is 3.91. The van der Waals surface area contributed by atoms with E-state index in [9.17, 15) is 5.11 Å². The van der Waals surface area contributed by atoms with Crippen molar-refractivity contribution in [1.29, 1.82) is 0 Å². The molecule has 3 rings (SSSR count). The van der Waals surface area contributed by atoms with Crippen LogP contribution in [0.1, 0.15) is 64.0 Å². The van der Waals surface area contributed by atoms with E-state index in [4.69, 9.17) is 4.74 Å². The highest BCUT2D eigenvalue weighted by atomic mass is 32.2. The Kier molecular flexibility index (Phi) is 5.79. The van der Waals surface area contributed by atoms with Crippen molar-refractivity contribution in [2.45, 2.75) is 57.0 Å². The molecule has 1 aromatic carbocycles. The van der Waals surface area contributed by atoms with Gasteiger partial charge in [0.15, 0.2) is 0 Å². The minimum Gasteiger partial charge on any atom is -0.508 e. The number of phenolic OH excluding ortho intramolecular Hbond substituents is 1. The summed E-state index contributed by atoms with van der Waals surface area (Å²) in [5.41, 5.74) is 3.54. The Balaban J connectivity index is 2.05. The second kappa shape index (κ2) is 7.71. The number of hydrogen-bond acceptors (Lipinski definition) is 4. The van der Waals surface area contributed by atoms with E-state index < -0.39 is 0 Å². The molecule has 1 heterocycles. The molecule has 136 valence electrons. The molecule has 1 aromatic rings. The molecular weight excluding hydrogens is 348 g/mol. The van der Waals surface area contributed by atoms with Gasteiger partial charge in [-0.15, -0.1) is 23.5 Å². The Bertz CT molecular complexity index is 700. The fourth-order valence-corrected chi connectivity index (χ4v) is 6.48. The lowest BCUT2D eigenvalue weighted by atomic mass is 9.83. The molecule has 1 fully saturated rings. The Morgan fingerprint density at radius 2 is 2.04 bits per heavy atom. The van der Waals surface area contributed by atoms with Crippen LogP contribution in [-0.2, 0) is 4.08 Å². The standard InChI is InChI=1S/C21H28O2S2/c1-5-15(3)23-19-13-17(21(4)24-9-10-25-21)12-18(22)20(19)16-8-6-7-14(2)11-16/h5,7,12-13,16,22H,6,8-11H2,1-4H3/b15-5+/t16-/m0/s1. The van der Waals surface area contributed by atoms with Gasteiger partial charge in [0.1, 0.15) is 11.5 Å². The lowest BCUT2D eigenvalue weighted by molar-refractivity contribution is 0.397. The summed E-state index contributed by atoms with van der Waals surface area (Å²) < 4.78 is 6.17. The molecule has 0 radical (unpaired) electrons. The topological polar surface area (TPSA) is 29.5 Å². The summed E-state index contributed by atoms with van der Waals surface area (Å²) in [5.74, 6) is 4.74. The third kappa shape index (κ3) is 4.06. The fourth-order valence-electron chi connectivity index (χ4n) is 3.63. The lowest BCUT2D eigenvalue weighted by Gasteiger charge is -2.28. The van der Waals surface area contributed by atoms with Crippen molar-refractivity contribution in [2.24, 2.45) is 0 Å². The highest BCUT2D eigenvalue weighted by Crippen LogP contribution is 2.54. The van der Waals surface area contributed by atoms with E-state index >= 15 is 0 Å². The van der Waals surface area contributed by atoms with Gasteiger partial charge in [-0.1, -0.05) is 11.6 Å². The smallest absolute Gasteiger partial charge is 0.134 e. The molecule has 0 saturated carbocycles. The number of rotatable bonds is 4. The predicted octanol–water partition coefficient (Wildman–Crippen LogP) is 6.56. The third-order valence-electron chi connectivity index (χ3n) is 5.14. The number of hydrogen-bond donors (Lipinski definition) is 1. The average Bonchev–Trinajstić information content (AvgIpc) is 3.02. The molecule has 1 N–H and O–H groups in total. The second-order valence-corrected chi connectivity index (χ2v) is 10.4. The Morgan fingerprint density at radius 1 is 1.32 bits per heavy atom. The van der Waals surface area contributed by atoms with E-state index in [-0.39, 0.29) is 4.08 Å². The first-order valence-electron chi connectivity index (χ1n) is 9.04. The highest BCUT2D eigenvalue weighted by Gasteiger charge is 2.35. The van der Waals surface area contributed by atoms with Gasteiger partial charge in [0, 0.05) is 17.1 Å². The van der Waals surface area contributed by atoms with Crippen molar-refractivity contribution < 1.29 is 9.84 Å². The molecule has 0 aromatic heterocycles. The number of benzene rings is 1. The third-order valence-corrected chi connectivity index (χ3v) is 8.50. The molecule has 0 spiro atoms. The van der Waals surface area contributed by atoms with Crippen LogP contribution < -0.4 is 4.74 Å². The van der Waals surface area contributed by atoms with Crippen molar-refractivity contribution in [2.75, 3.05) is 11.5 Å². The van der Waals surface area contributed by atoms with E-state index in [2.05, 4.69) is 26.0 Å². The molecule has 0 amide bonds. The van der Waals surface area contributed by atoms with Crippen molar-refractivity contribution in [3.8, 4) is 11.5 Å². The van der Waals surface area contributed by atoms with Gasteiger partial charge in [-0.25, -0.2) is 0 Å². The van der Waals surface area contributed by atoms with Gasteiger partial charge in [0.2, 0.25) is 0 Å². The quantitative estimate of drug-likeness (QED) is 0.476. The van der Waals surface area contributed by atoms with Gasteiger partial charge in [-0.05, 0) is 76.6 Å². The molecule has 4 heteroatoms. The van der Waals surface area contributed by atoms with Crippen LogP contribution in [0, 0.1) is 0 Å². The van der Waals surface area contributed by atoms with Crippen molar-refractivity contribution in [3.63, 3.8) is 0 Å². The molecule has 1 aliphatic carbocycles. The van der Waals surface area contributed by atoms with E-state index in [1.54, 1.807) is 0 Å². The van der Waals surface area contributed by atoms with Crippen LogP contribution in [0.2, 0.25) is 0 Å². The fraction of sp³-hybridized carbons (Fsp3) is 0.524. The molecule has 2 aliphatic rings. The van der Waals surface area contributed by atoms with E-state index in [0.717, 1.165) is 53.4 Å². The SMILES string of the molecule is C/C=C(\C)Oc1cc(C2(C)SCCS2)cc(O)c1[C@H]1CCC=C(C)C1. The number of phenols is 1. The zero-order chi connectivity index (χ0) is 18.0. The van der Waals surface area contributed by atoms with E-state index in [1.165, 1.54) is 5.57 Å². The van der Waals surface area contributed by atoms with Gasteiger partial charge < -0.3 is 9.84 Å². The summed E-state index contributed by atoms with van der Waals surface area (Å²) in [6, 6.07) is 4.15. The number of ether oxygens (including phenoxy) is 1. The molecular formula is C21H28O2S2. The normalized spacial score (nSPS) is 23.4. The molecule has 0 bridgehead atoms. The minimum atomic E-state index is 0.000335. The van der Waals surface area contributed by atoms with Crippen LogP contribution in [0.25, 0.3) is 0 Å². The Labute approximate surface area is 160 Å². The second-order valence-electron chi connectivity index (χ2n) is 7.08. The lowest BCUT2D eigenvalue weighted by Crippen LogP contribution is -2.12. The van der Waals surface area contributed by atoms with Crippen molar-refractivity contribution >= 4 is 23.5 Å². The maximum Gasteiger partial charge on any atom is 0.134 e. The Hall–Kier alpha value is -1.00. The highest BCUT2D eigenvalue weighted by molar-refractivity contribution is 8.20. The maximum atomic E-state index is 10.9. The van der Waals surface area contributed by atoms with E-state index in [1.807, 2.05) is 49.5 Å². The van der Waals surface area contributed by atoms with E-state index in [0.29, 0.717) is 11.7 Å². The first-order chi connectivity index (χ1) is 11.9. The predicted molar refractivity (Wildman–Crippen MR) is 111 cm³/mol. The summed E-state index contributed by atoms with van der Waals surface area (Å²) in [4.78, 5) is 0. The zero-order valence-corrected chi connectivity index (χ0v) is 17.2. The molecule has 1 saturated heterocycles. The largest absolute Gasteiger partial charge is 0.508 e. The number of aromatic hydroxyl groups is 1. The van der Waals surface area contributed by atoms with Gasteiger partial charge >= 0.3 is 0 Å². The van der Waals surface area contributed by atoms with Crippen LogP contribution in [0.5, 0.6) is 11.5 Å². The summed E-state index contributed by atoms with van der Waals surface area (Å²) in [7, 11) is 0. The summed E-state index contributed by atoms with van der Waals surface area (Å²) in [6.45, 7) is 8.39. The maximum absolute atomic E-state index is 10.9. The van der Waals surface area contributed by atoms with Crippen LogP contribution in [0.3, 0.4) is 0 Å². The van der Waals surface area contributed by atoms with Crippen molar-refractivity contribution in [1.82, 2.24) is 0 Å². The van der Waals surface area contributed by atoms with Gasteiger partial charge in [0.25, 0.3) is 0 Å². The van der Waals surface area contributed by atoms with Gasteiger partial charge in [-0.2, -0.15) is 0 Å². The van der Waals surface area contributed by atoms with Crippen molar-refractivity contribution in [3.05, 3.63) is 46.7 Å². The first kappa shape index (κ1) is 18.8. The summed E-state index contributed by atoms with van der Waals surface area (Å²) in [5, 5.41) is 10.9. The Morgan fingerprint density at radius 3 is 2.68 bits per heavy atom. The minimum absolute atomic E-state index is 0.000335.